The van der Waals surface area contributed by atoms with Crippen LogP contribution in [-0.2, 0) is 19.6 Å². The zero-order valence-electron chi connectivity index (χ0n) is 11.9. The smallest absolute Gasteiger partial charge is 0.310 e. The summed E-state index contributed by atoms with van der Waals surface area (Å²) in [5.41, 5.74) is -0.382. The molecule has 0 bridgehead atoms. The molecule has 0 fully saturated rings. The van der Waals surface area contributed by atoms with Crippen molar-refractivity contribution in [1.29, 1.82) is 0 Å². The lowest BCUT2D eigenvalue weighted by atomic mass is 9.97. The van der Waals surface area contributed by atoms with Crippen molar-refractivity contribution in [2.24, 2.45) is 7.05 Å². The number of hydrogen-bond acceptors (Lipinski definition) is 3. The lowest BCUT2D eigenvalue weighted by Crippen LogP contribution is -2.26. The highest BCUT2D eigenvalue weighted by Crippen LogP contribution is 2.35. The van der Waals surface area contributed by atoms with Crippen molar-refractivity contribution < 1.29 is 13.2 Å². The van der Waals surface area contributed by atoms with Gasteiger partial charge in [0.25, 0.3) is 0 Å². The van der Waals surface area contributed by atoms with E-state index in [4.69, 9.17) is 0 Å². The number of benzene rings is 1. The van der Waals surface area contributed by atoms with Crippen molar-refractivity contribution in [3.63, 3.8) is 0 Å². The highest BCUT2D eigenvalue weighted by Gasteiger charge is 2.35. The predicted octanol–water partition coefficient (Wildman–Crippen LogP) is 2.73. The van der Waals surface area contributed by atoms with E-state index in [0.717, 1.165) is 6.07 Å². The molecule has 1 N–H and O–H groups in total. The van der Waals surface area contributed by atoms with Gasteiger partial charge in [0.05, 0.1) is 5.56 Å². The Labute approximate surface area is 121 Å². The van der Waals surface area contributed by atoms with Gasteiger partial charge in [-0.25, -0.2) is 4.98 Å². The molecule has 0 spiro atoms. The topological polar surface area (TPSA) is 42.7 Å². The number of halogens is 3. The molecule has 0 saturated heterocycles. The van der Waals surface area contributed by atoms with Gasteiger partial charge in [-0.1, -0.05) is 25.1 Å². The summed E-state index contributed by atoms with van der Waals surface area (Å²) in [5.74, 6) is 0.637. The van der Waals surface area contributed by atoms with Gasteiger partial charge in [-0.15, -0.1) is 0 Å². The van der Waals surface area contributed by atoms with E-state index in [0.29, 0.717) is 18.8 Å². The molecule has 4 nitrogen and oxygen atoms in total. The van der Waals surface area contributed by atoms with Gasteiger partial charge in [-0.05, 0) is 18.2 Å². The van der Waals surface area contributed by atoms with E-state index in [1.807, 2.05) is 6.92 Å². The molecule has 0 saturated carbocycles. The molecular formula is C14H17F3N4. The Morgan fingerprint density at radius 3 is 2.57 bits per heavy atom. The molecule has 21 heavy (non-hydrogen) atoms. The Morgan fingerprint density at radius 2 is 2.00 bits per heavy atom. The molecule has 1 aromatic carbocycles. The molecule has 1 aromatic heterocycles. The summed E-state index contributed by atoms with van der Waals surface area (Å²) in [6.07, 6.45) is -2.63. The van der Waals surface area contributed by atoms with Crippen LogP contribution in [0.1, 0.15) is 29.9 Å². The van der Waals surface area contributed by atoms with Crippen LogP contribution in [0.5, 0.6) is 0 Å². The van der Waals surface area contributed by atoms with Crippen LogP contribution < -0.4 is 5.32 Å². The lowest BCUT2D eigenvalue weighted by molar-refractivity contribution is -0.138. The van der Waals surface area contributed by atoms with Crippen LogP contribution in [0.4, 0.5) is 13.2 Å². The number of nitrogens with one attached hydrogen (secondary N) is 1. The molecule has 1 atom stereocenters. The van der Waals surface area contributed by atoms with E-state index >= 15 is 0 Å². The molecule has 114 valence electrons. The van der Waals surface area contributed by atoms with Gasteiger partial charge in [0.2, 0.25) is 0 Å². The van der Waals surface area contributed by atoms with Gasteiger partial charge in [0.15, 0.2) is 0 Å². The minimum Gasteiger partial charge on any atom is -0.310 e. The number of aromatic nitrogens is 3. The van der Waals surface area contributed by atoms with Crippen molar-refractivity contribution in [2.45, 2.75) is 25.6 Å². The average molecular weight is 298 g/mol. The molecule has 2 rings (SSSR count). The monoisotopic (exact) mass is 298 g/mol. The number of aryl methyl sites for hydroxylation is 1. The molecule has 0 aliphatic heterocycles. The second kappa shape index (κ2) is 6.26. The highest BCUT2D eigenvalue weighted by atomic mass is 19.4. The molecule has 7 heteroatoms. The van der Waals surface area contributed by atoms with Crippen molar-refractivity contribution in [3.8, 4) is 0 Å². The van der Waals surface area contributed by atoms with Crippen LogP contribution in [0.2, 0.25) is 0 Å². The fourth-order valence-electron chi connectivity index (χ4n) is 2.29. The Hall–Kier alpha value is -1.89. The maximum atomic E-state index is 13.1. The van der Waals surface area contributed by atoms with Crippen molar-refractivity contribution in [2.75, 3.05) is 6.54 Å². The number of alkyl halides is 3. The third-order valence-corrected chi connectivity index (χ3v) is 3.28. The standard InChI is InChI=1S/C14H17F3N4/c1-3-18-12(8-13-19-9-20-21(13)2)10-6-4-5-7-11(10)14(15,16)17/h4-7,9,12,18H,3,8H2,1-2H3. The van der Waals surface area contributed by atoms with E-state index < -0.39 is 17.8 Å². The maximum Gasteiger partial charge on any atom is 0.416 e. The van der Waals surface area contributed by atoms with Crippen molar-refractivity contribution >= 4 is 0 Å². The summed E-state index contributed by atoms with van der Waals surface area (Å²) >= 11 is 0. The minimum absolute atomic E-state index is 0.231. The minimum atomic E-state index is -4.37. The molecule has 0 aliphatic carbocycles. The number of nitrogens with zero attached hydrogens (tertiary/aromatic N) is 3. The highest BCUT2D eigenvalue weighted by molar-refractivity contribution is 5.33. The molecule has 1 unspecified atom stereocenters. The zero-order chi connectivity index (χ0) is 15.5. The maximum absolute atomic E-state index is 13.1. The molecule has 0 aliphatic rings. The van der Waals surface area contributed by atoms with E-state index in [2.05, 4.69) is 15.4 Å². The second-order valence-corrected chi connectivity index (χ2v) is 4.70. The summed E-state index contributed by atoms with van der Waals surface area (Å²) in [6.45, 7) is 2.43. The Morgan fingerprint density at radius 1 is 1.29 bits per heavy atom. The number of likely N-dealkylation sites (N-methyl/N-ethyl adjacent to an activating group) is 1. The molecule has 2 aromatic rings. The fraction of sp³-hybridized carbons (Fsp3) is 0.429. The first-order valence-corrected chi connectivity index (χ1v) is 6.65. The summed E-state index contributed by atoms with van der Waals surface area (Å²) in [7, 11) is 1.72. The molecule has 0 amide bonds. The normalized spacial score (nSPS) is 13.4. The quantitative estimate of drug-likeness (QED) is 0.923. The summed E-state index contributed by atoms with van der Waals surface area (Å²) < 4.78 is 41.0. The van der Waals surface area contributed by atoms with Gasteiger partial charge < -0.3 is 5.32 Å². The van der Waals surface area contributed by atoms with E-state index in [1.165, 1.54) is 18.5 Å². The van der Waals surface area contributed by atoms with Gasteiger partial charge in [0, 0.05) is 19.5 Å². The van der Waals surface area contributed by atoms with Gasteiger partial charge in [-0.2, -0.15) is 18.3 Å². The predicted molar refractivity (Wildman–Crippen MR) is 72.6 cm³/mol. The largest absolute Gasteiger partial charge is 0.416 e. The Bertz CT molecular complexity index is 592. The number of rotatable bonds is 5. The van der Waals surface area contributed by atoms with E-state index in [9.17, 15) is 13.2 Å². The fourth-order valence-corrected chi connectivity index (χ4v) is 2.29. The van der Waals surface area contributed by atoms with Gasteiger partial charge in [-0.3, -0.25) is 4.68 Å². The van der Waals surface area contributed by atoms with Crippen molar-refractivity contribution in [1.82, 2.24) is 20.1 Å². The number of hydrogen-bond donors (Lipinski definition) is 1. The average Bonchev–Trinajstić information content (AvgIpc) is 2.83. The SMILES string of the molecule is CCNC(Cc1ncnn1C)c1ccccc1C(F)(F)F. The van der Waals surface area contributed by atoms with Crippen LogP contribution in [0.25, 0.3) is 0 Å². The molecular weight excluding hydrogens is 281 g/mol. The second-order valence-electron chi connectivity index (χ2n) is 4.70. The first-order chi connectivity index (χ1) is 9.93. The summed E-state index contributed by atoms with van der Waals surface area (Å²) in [4.78, 5) is 4.09. The van der Waals surface area contributed by atoms with Crippen LogP contribution in [0.15, 0.2) is 30.6 Å². The van der Waals surface area contributed by atoms with Crippen LogP contribution in [0, 0.1) is 0 Å². The first-order valence-electron chi connectivity index (χ1n) is 6.65. The summed E-state index contributed by atoms with van der Waals surface area (Å²) in [5, 5.41) is 7.05. The van der Waals surface area contributed by atoms with Crippen LogP contribution in [-0.4, -0.2) is 21.3 Å². The zero-order valence-corrected chi connectivity index (χ0v) is 11.9. The van der Waals surface area contributed by atoms with E-state index in [-0.39, 0.29) is 5.56 Å². The third-order valence-electron chi connectivity index (χ3n) is 3.28. The molecule has 1 heterocycles. The Balaban J connectivity index is 2.37. The van der Waals surface area contributed by atoms with E-state index in [1.54, 1.807) is 17.8 Å². The van der Waals surface area contributed by atoms with Crippen LogP contribution in [0.3, 0.4) is 0 Å². The van der Waals surface area contributed by atoms with Crippen molar-refractivity contribution in [3.05, 3.63) is 47.5 Å². The van der Waals surface area contributed by atoms with Crippen LogP contribution >= 0.6 is 0 Å². The Kier molecular flexibility index (Phi) is 4.62. The first kappa shape index (κ1) is 15.5. The lowest BCUT2D eigenvalue weighted by Gasteiger charge is -2.22. The third kappa shape index (κ3) is 3.60. The van der Waals surface area contributed by atoms with Gasteiger partial charge in [0.1, 0.15) is 12.2 Å². The van der Waals surface area contributed by atoms with Gasteiger partial charge >= 0.3 is 6.18 Å². The molecule has 0 radical (unpaired) electrons. The summed E-state index contributed by atoms with van der Waals surface area (Å²) in [6, 6.07) is 5.17.